The highest BCUT2D eigenvalue weighted by atomic mass is 15.5. The summed E-state index contributed by atoms with van der Waals surface area (Å²) in [7, 11) is 0. The first-order valence-corrected chi connectivity index (χ1v) is 9.35. The second-order valence-electron chi connectivity index (χ2n) is 6.89. The first-order chi connectivity index (χ1) is 13.4. The molecule has 27 heavy (non-hydrogen) atoms. The van der Waals surface area contributed by atoms with E-state index in [4.69, 9.17) is 5.10 Å². The predicted octanol–water partition coefficient (Wildman–Crippen LogP) is 6.20. The van der Waals surface area contributed by atoms with E-state index in [9.17, 15) is 0 Å². The van der Waals surface area contributed by atoms with E-state index in [1.165, 1.54) is 21.9 Å². The number of hydrogen-bond acceptors (Lipinski definition) is 2. The fourth-order valence-electron chi connectivity index (χ4n) is 3.88. The first-order valence-electron chi connectivity index (χ1n) is 9.35. The summed E-state index contributed by atoms with van der Waals surface area (Å²) in [5, 5.41) is 9.77. The fraction of sp³-hybridized carbons (Fsp3) is 0.0800. The molecule has 0 saturated heterocycles. The van der Waals surface area contributed by atoms with Crippen LogP contribution in [0.1, 0.15) is 23.6 Å². The summed E-state index contributed by atoms with van der Waals surface area (Å²) in [5.41, 5.74) is 4.78. The zero-order valence-electron chi connectivity index (χ0n) is 15.0. The van der Waals surface area contributed by atoms with Gasteiger partial charge in [0.15, 0.2) is 0 Å². The summed E-state index contributed by atoms with van der Waals surface area (Å²) >= 11 is 0. The van der Waals surface area contributed by atoms with E-state index in [1.54, 1.807) is 0 Å². The molecule has 5 rings (SSSR count). The molecule has 1 aliphatic heterocycles. The number of nitrogens with zero attached hydrogens (tertiary/aromatic N) is 2. The quantitative estimate of drug-likeness (QED) is 0.431. The molecule has 0 radical (unpaired) electrons. The van der Waals surface area contributed by atoms with Crippen LogP contribution in [0.3, 0.4) is 0 Å². The average Bonchev–Trinajstić information content (AvgIpc) is 3.20. The molecule has 130 valence electrons. The van der Waals surface area contributed by atoms with Crippen molar-refractivity contribution in [1.82, 2.24) is 0 Å². The van der Waals surface area contributed by atoms with Crippen LogP contribution >= 0.6 is 0 Å². The van der Waals surface area contributed by atoms with E-state index in [-0.39, 0.29) is 6.04 Å². The Morgan fingerprint density at radius 3 is 2.15 bits per heavy atom. The molecule has 4 aromatic carbocycles. The minimum Gasteiger partial charge on any atom is -0.257 e. The summed E-state index contributed by atoms with van der Waals surface area (Å²) in [5.74, 6) is 0. The standard InChI is InChI=1S/C25H20N2/c1-3-11-20(12-4-1)23-18-25(21-13-5-2-6-14-21)27(26-23)24-17-9-15-19-10-7-8-16-22(19)24/h1-17,25H,18H2. The number of benzene rings is 4. The SMILES string of the molecule is c1ccc(C2=NN(c3cccc4ccccc34)C(c3ccccc3)C2)cc1. The van der Waals surface area contributed by atoms with Crippen molar-refractivity contribution in [1.29, 1.82) is 0 Å². The predicted molar refractivity (Wildman–Crippen MR) is 113 cm³/mol. The Morgan fingerprint density at radius 2 is 1.33 bits per heavy atom. The molecule has 1 aliphatic rings. The van der Waals surface area contributed by atoms with Crippen LogP contribution < -0.4 is 5.01 Å². The Labute approximate surface area is 159 Å². The largest absolute Gasteiger partial charge is 0.257 e. The van der Waals surface area contributed by atoms with Gasteiger partial charge in [0.2, 0.25) is 0 Å². The molecule has 0 aliphatic carbocycles. The zero-order valence-corrected chi connectivity index (χ0v) is 15.0. The zero-order chi connectivity index (χ0) is 18.1. The van der Waals surface area contributed by atoms with Gasteiger partial charge >= 0.3 is 0 Å². The number of anilines is 1. The van der Waals surface area contributed by atoms with Crippen molar-refractivity contribution in [3.63, 3.8) is 0 Å². The molecular formula is C25H20N2. The van der Waals surface area contributed by atoms with Crippen LogP contribution in [0.4, 0.5) is 5.69 Å². The van der Waals surface area contributed by atoms with Crippen molar-refractivity contribution in [2.75, 3.05) is 5.01 Å². The highest BCUT2D eigenvalue weighted by molar-refractivity contribution is 6.04. The van der Waals surface area contributed by atoms with E-state index in [2.05, 4.69) is 108 Å². The molecule has 1 atom stereocenters. The van der Waals surface area contributed by atoms with Crippen LogP contribution in [0.2, 0.25) is 0 Å². The monoisotopic (exact) mass is 348 g/mol. The molecule has 0 saturated carbocycles. The Bertz CT molecular complexity index is 1100. The number of rotatable bonds is 3. The van der Waals surface area contributed by atoms with Gasteiger partial charge in [0.05, 0.1) is 17.4 Å². The molecule has 0 aromatic heterocycles. The molecular weight excluding hydrogens is 328 g/mol. The van der Waals surface area contributed by atoms with E-state index in [1.807, 2.05) is 0 Å². The Hall–Kier alpha value is -3.39. The van der Waals surface area contributed by atoms with Gasteiger partial charge in [-0.15, -0.1) is 0 Å². The van der Waals surface area contributed by atoms with Crippen molar-refractivity contribution in [3.05, 3.63) is 114 Å². The van der Waals surface area contributed by atoms with Gasteiger partial charge in [-0.2, -0.15) is 5.10 Å². The molecule has 0 bridgehead atoms. The van der Waals surface area contributed by atoms with Crippen LogP contribution in [0.25, 0.3) is 10.8 Å². The summed E-state index contributed by atoms with van der Waals surface area (Å²) in [6, 6.07) is 36.4. The molecule has 2 heteroatoms. The molecule has 4 aromatic rings. The van der Waals surface area contributed by atoms with Crippen LogP contribution in [-0.4, -0.2) is 5.71 Å². The summed E-state index contributed by atoms with van der Waals surface area (Å²) < 4.78 is 0. The van der Waals surface area contributed by atoms with Gasteiger partial charge in [-0.3, -0.25) is 5.01 Å². The molecule has 1 unspecified atom stereocenters. The minimum absolute atomic E-state index is 0.201. The molecule has 0 N–H and O–H groups in total. The summed E-state index contributed by atoms with van der Waals surface area (Å²) in [6.07, 6.45) is 0.900. The molecule has 0 fully saturated rings. The highest BCUT2D eigenvalue weighted by Crippen LogP contribution is 2.39. The number of fused-ring (bicyclic) bond motifs is 1. The molecule has 1 heterocycles. The van der Waals surface area contributed by atoms with Crippen molar-refractivity contribution >= 4 is 22.2 Å². The Morgan fingerprint density at radius 1 is 0.667 bits per heavy atom. The van der Waals surface area contributed by atoms with Gasteiger partial charge in [-0.05, 0) is 22.6 Å². The maximum atomic E-state index is 5.09. The minimum atomic E-state index is 0.201. The molecule has 2 nitrogen and oxygen atoms in total. The van der Waals surface area contributed by atoms with E-state index < -0.39 is 0 Å². The fourth-order valence-corrected chi connectivity index (χ4v) is 3.88. The first kappa shape index (κ1) is 15.8. The molecule has 0 amide bonds. The van der Waals surface area contributed by atoms with Gasteiger partial charge in [0.25, 0.3) is 0 Å². The molecule has 0 spiro atoms. The van der Waals surface area contributed by atoms with Crippen molar-refractivity contribution in [2.24, 2.45) is 5.10 Å². The van der Waals surface area contributed by atoms with Gasteiger partial charge < -0.3 is 0 Å². The van der Waals surface area contributed by atoms with E-state index in [0.29, 0.717) is 0 Å². The highest BCUT2D eigenvalue weighted by Gasteiger charge is 2.30. The lowest BCUT2D eigenvalue weighted by Crippen LogP contribution is -2.18. The van der Waals surface area contributed by atoms with E-state index in [0.717, 1.165) is 17.8 Å². The van der Waals surface area contributed by atoms with Gasteiger partial charge in [-0.1, -0.05) is 97.1 Å². The maximum absolute atomic E-state index is 5.09. The van der Waals surface area contributed by atoms with Gasteiger partial charge in [0.1, 0.15) is 0 Å². The van der Waals surface area contributed by atoms with Crippen LogP contribution in [0.5, 0.6) is 0 Å². The van der Waals surface area contributed by atoms with Crippen molar-refractivity contribution in [3.8, 4) is 0 Å². The summed E-state index contributed by atoms with van der Waals surface area (Å²) in [6.45, 7) is 0. The topological polar surface area (TPSA) is 15.6 Å². The third kappa shape index (κ3) is 2.89. The van der Waals surface area contributed by atoms with E-state index >= 15 is 0 Å². The Kier molecular flexibility index (Phi) is 3.95. The third-order valence-corrected chi connectivity index (χ3v) is 5.22. The number of hydrogen-bond donors (Lipinski definition) is 0. The third-order valence-electron chi connectivity index (χ3n) is 5.22. The van der Waals surface area contributed by atoms with Gasteiger partial charge in [-0.25, -0.2) is 0 Å². The normalized spacial score (nSPS) is 16.5. The van der Waals surface area contributed by atoms with Crippen LogP contribution in [-0.2, 0) is 0 Å². The smallest absolute Gasteiger partial charge is 0.0832 e. The van der Waals surface area contributed by atoms with Crippen molar-refractivity contribution in [2.45, 2.75) is 12.5 Å². The lowest BCUT2D eigenvalue weighted by molar-refractivity contribution is 0.711. The average molecular weight is 348 g/mol. The number of hydrazone groups is 1. The van der Waals surface area contributed by atoms with Crippen LogP contribution in [0.15, 0.2) is 108 Å². The van der Waals surface area contributed by atoms with Crippen LogP contribution in [0, 0.1) is 0 Å². The maximum Gasteiger partial charge on any atom is 0.0832 e. The Balaban J connectivity index is 1.66. The lowest BCUT2D eigenvalue weighted by Gasteiger charge is -2.25. The second-order valence-corrected chi connectivity index (χ2v) is 6.89. The van der Waals surface area contributed by atoms with Crippen molar-refractivity contribution < 1.29 is 0 Å². The summed E-state index contributed by atoms with van der Waals surface area (Å²) in [4.78, 5) is 0. The second kappa shape index (κ2) is 6.73. The van der Waals surface area contributed by atoms with Gasteiger partial charge in [0, 0.05) is 11.8 Å². The lowest BCUT2D eigenvalue weighted by atomic mass is 9.98.